The molecule has 1 amide bonds. The monoisotopic (exact) mass is 317 g/mol. The van der Waals surface area contributed by atoms with Gasteiger partial charge in [-0.25, -0.2) is 4.79 Å². The molecule has 0 atom stereocenters. The van der Waals surface area contributed by atoms with Crippen molar-refractivity contribution in [2.75, 3.05) is 18.1 Å². The summed E-state index contributed by atoms with van der Waals surface area (Å²) < 4.78 is 4.76. The number of benzene rings is 1. The molecule has 0 unspecified atom stereocenters. The summed E-state index contributed by atoms with van der Waals surface area (Å²) in [7, 11) is 0. The number of esters is 1. The molecule has 2 N–H and O–H groups in total. The van der Waals surface area contributed by atoms with Gasteiger partial charge in [0, 0.05) is 17.8 Å². The number of aromatic nitrogens is 2. The smallest absolute Gasteiger partial charge is 0.397 e. The van der Waals surface area contributed by atoms with Crippen molar-refractivity contribution in [3.63, 3.8) is 0 Å². The fraction of sp³-hybridized carbons (Fsp3) is 0.333. The maximum absolute atomic E-state index is 12.2. The number of anilines is 1. The zero-order valence-corrected chi connectivity index (χ0v) is 12.5. The lowest BCUT2D eigenvalue weighted by molar-refractivity contribution is -0.153. The first-order valence-corrected chi connectivity index (χ1v) is 7.29. The third-order valence-corrected chi connectivity index (χ3v) is 3.78. The van der Waals surface area contributed by atoms with Crippen molar-refractivity contribution >= 4 is 28.6 Å². The number of aromatic amines is 2. The van der Waals surface area contributed by atoms with E-state index in [4.69, 9.17) is 4.74 Å². The highest BCUT2D eigenvalue weighted by molar-refractivity contribution is 6.38. The molecular weight excluding hydrogens is 302 g/mol. The Bertz CT molecular complexity index is 911. The van der Waals surface area contributed by atoms with Crippen LogP contribution in [0.15, 0.2) is 21.7 Å². The van der Waals surface area contributed by atoms with Crippen LogP contribution >= 0.6 is 0 Å². The summed E-state index contributed by atoms with van der Waals surface area (Å²) in [6.45, 7) is 2.14. The summed E-state index contributed by atoms with van der Waals surface area (Å²) in [5.74, 6) is -1.64. The Hall–Kier alpha value is -2.90. The van der Waals surface area contributed by atoms with Gasteiger partial charge in [0.1, 0.15) is 0 Å². The molecule has 0 saturated carbocycles. The van der Waals surface area contributed by atoms with Gasteiger partial charge < -0.3 is 19.6 Å². The SMILES string of the molecule is CCOC(=O)C(=O)N1CCCc2c1ccc1[nH]c(=O)c(=O)[nH]c21. The van der Waals surface area contributed by atoms with Gasteiger partial charge in [0.25, 0.3) is 0 Å². The first kappa shape index (κ1) is 15.0. The predicted molar refractivity (Wildman–Crippen MR) is 82.5 cm³/mol. The molecule has 0 spiro atoms. The number of hydrogen-bond donors (Lipinski definition) is 2. The highest BCUT2D eigenvalue weighted by Gasteiger charge is 2.29. The summed E-state index contributed by atoms with van der Waals surface area (Å²) in [6, 6.07) is 3.25. The number of carbonyl (C=O) groups is 2. The summed E-state index contributed by atoms with van der Waals surface area (Å²) in [6.07, 6.45) is 1.26. The lowest BCUT2D eigenvalue weighted by Crippen LogP contribution is -2.41. The fourth-order valence-electron chi connectivity index (χ4n) is 2.79. The van der Waals surface area contributed by atoms with E-state index >= 15 is 0 Å². The number of hydrogen-bond acceptors (Lipinski definition) is 5. The van der Waals surface area contributed by atoms with Gasteiger partial charge in [-0.2, -0.15) is 0 Å². The van der Waals surface area contributed by atoms with E-state index in [9.17, 15) is 19.2 Å². The van der Waals surface area contributed by atoms with Gasteiger partial charge in [-0.3, -0.25) is 14.4 Å². The van der Waals surface area contributed by atoms with Gasteiger partial charge in [0.05, 0.1) is 17.6 Å². The highest BCUT2D eigenvalue weighted by Crippen LogP contribution is 2.31. The zero-order chi connectivity index (χ0) is 16.6. The molecule has 8 heteroatoms. The van der Waals surface area contributed by atoms with Gasteiger partial charge in [0.15, 0.2) is 0 Å². The lowest BCUT2D eigenvalue weighted by Gasteiger charge is -2.29. The number of nitrogens with zero attached hydrogens (tertiary/aromatic N) is 1. The van der Waals surface area contributed by atoms with Crippen molar-refractivity contribution in [3.8, 4) is 0 Å². The normalized spacial score (nSPS) is 13.7. The number of amides is 1. The van der Waals surface area contributed by atoms with Crippen LogP contribution in [0.25, 0.3) is 11.0 Å². The fourth-order valence-corrected chi connectivity index (χ4v) is 2.79. The quantitative estimate of drug-likeness (QED) is 0.570. The van der Waals surface area contributed by atoms with Crippen molar-refractivity contribution in [2.45, 2.75) is 19.8 Å². The van der Waals surface area contributed by atoms with E-state index in [1.54, 1.807) is 19.1 Å². The van der Waals surface area contributed by atoms with Crippen molar-refractivity contribution in [3.05, 3.63) is 38.4 Å². The number of ether oxygens (including phenoxy) is 1. The van der Waals surface area contributed by atoms with Gasteiger partial charge in [-0.05, 0) is 31.9 Å². The van der Waals surface area contributed by atoms with Gasteiger partial charge in [-0.15, -0.1) is 0 Å². The third-order valence-electron chi connectivity index (χ3n) is 3.78. The standard InChI is InChI=1S/C15H15N3O5/c1-2-23-15(22)14(21)18-7-3-4-8-10(18)6-5-9-11(8)17-13(20)12(19)16-9/h5-6H,2-4,7H2,1H3,(H,16,19)(H,17,20). The third kappa shape index (κ3) is 2.52. The Morgan fingerprint density at radius 3 is 2.70 bits per heavy atom. The zero-order valence-electron chi connectivity index (χ0n) is 12.5. The number of fused-ring (bicyclic) bond motifs is 3. The van der Waals surface area contributed by atoms with Crippen molar-refractivity contribution in [2.24, 2.45) is 0 Å². The first-order valence-electron chi connectivity index (χ1n) is 7.29. The van der Waals surface area contributed by atoms with Crippen LogP contribution in [0, 0.1) is 0 Å². The molecule has 0 aliphatic carbocycles. The van der Waals surface area contributed by atoms with Crippen molar-refractivity contribution in [1.29, 1.82) is 0 Å². The van der Waals surface area contributed by atoms with E-state index in [2.05, 4.69) is 9.97 Å². The van der Waals surface area contributed by atoms with Crippen LogP contribution in [-0.4, -0.2) is 35.0 Å². The summed E-state index contributed by atoms with van der Waals surface area (Å²) in [5.41, 5.74) is 0.754. The van der Waals surface area contributed by atoms with Gasteiger partial charge >= 0.3 is 23.0 Å². The van der Waals surface area contributed by atoms with E-state index in [0.717, 1.165) is 5.56 Å². The molecule has 1 aliphatic rings. The predicted octanol–water partition coefficient (Wildman–Crippen LogP) is 0.0587. The van der Waals surface area contributed by atoms with Gasteiger partial charge in [-0.1, -0.05) is 0 Å². The van der Waals surface area contributed by atoms with Crippen LogP contribution in [0.4, 0.5) is 5.69 Å². The Morgan fingerprint density at radius 1 is 1.22 bits per heavy atom. The molecular formula is C15H15N3O5. The molecule has 0 fully saturated rings. The van der Waals surface area contributed by atoms with Crippen molar-refractivity contribution < 1.29 is 14.3 Å². The van der Waals surface area contributed by atoms with Crippen LogP contribution in [0.3, 0.4) is 0 Å². The molecule has 2 aromatic rings. The average Bonchev–Trinajstić information content (AvgIpc) is 2.55. The first-order chi connectivity index (χ1) is 11.0. The number of rotatable bonds is 1. The molecule has 2 heterocycles. The topological polar surface area (TPSA) is 112 Å². The Labute approximate surface area is 130 Å². The number of aryl methyl sites for hydroxylation is 1. The van der Waals surface area contributed by atoms with E-state index in [-0.39, 0.29) is 6.61 Å². The lowest BCUT2D eigenvalue weighted by atomic mass is 9.99. The second kappa shape index (κ2) is 5.71. The molecule has 120 valence electrons. The molecule has 1 aromatic heterocycles. The van der Waals surface area contributed by atoms with E-state index in [1.165, 1.54) is 4.90 Å². The largest absolute Gasteiger partial charge is 0.459 e. The molecule has 0 bridgehead atoms. The van der Waals surface area contributed by atoms with Crippen LogP contribution in [0.2, 0.25) is 0 Å². The summed E-state index contributed by atoms with van der Waals surface area (Å²) in [4.78, 5) is 53.3. The summed E-state index contributed by atoms with van der Waals surface area (Å²) >= 11 is 0. The molecule has 1 aliphatic heterocycles. The molecule has 1 aromatic carbocycles. The second-order valence-electron chi connectivity index (χ2n) is 5.17. The average molecular weight is 317 g/mol. The number of carbonyl (C=O) groups excluding carboxylic acids is 2. The maximum Gasteiger partial charge on any atom is 0.397 e. The van der Waals surface area contributed by atoms with Crippen LogP contribution in [0.1, 0.15) is 18.9 Å². The highest BCUT2D eigenvalue weighted by atomic mass is 16.5. The minimum Gasteiger partial charge on any atom is -0.459 e. The Kier molecular flexibility index (Phi) is 3.73. The Balaban J connectivity index is 2.13. The molecule has 23 heavy (non-hydrogen) atoms. The van der Waals surface area contributed by atoms with Gasteiger partial charge in [0.2, 0.25) is 0 Å². The summed E-state index contributed by atoms with van der Waals surface area (Å²) in [5, 5.41) is 0. The maximum atomic E-state index is 12.2. The number of nitrogens with one attached hydrogen (secondary N) is 2. The van der Waals surface area contributed by atoms with Crippen LogP contribution in [-0.2, 0) is 20.7 Å². The second-order valence-corrected chi connectivity index (χ2v) is 5.17. The van der Waals surface area contributed by atoms with E-state index in [0.29, 0.717) is 36.1 Å². The van der Waals surface area contributed by atoms with E-state index in [1.807, 2.05) is 0 Å². The minimum absolute atomic E-state index is 0.123. The molecule has 8 nitrogen and oxygen atoms in total. The minimum atomic E-state index is -0.907. The van der Waals surface area contributed by atoms with Crippen LogP contribution < -0.4 is 16.0 Å². The van der Waals surface area contributed by atoms with Crippen LogP contribution in [0.5, 0.6) is 0 Å². The van der Waals surface area contributed by atoms with Crippen molar-refractivity contribution in [1.82, 2.24) is 9.97 Å². The molecule has 0 saturated heterocycles. The Morgan fingerprint density at radius 2 is 1.96 bits per heavy atom. The molecule has 0 radical (unpaired) electrons. The molecule has 3 rings (SSSR count). The number of H-pyrrole nitrogens is 2. The van der Waals surface area contributed by atoms with E-state index < -0.39 is 23.0 Å².